The SMILES string of the molecule is C=C(C(=O)OCC)C1CC(C)C(C)C1. The molecule has 0 N–H and O–H groups in total. The predicted octanol–water partition coefficient (Wildman–Crippen LogP) is 2.79. The maximum absolute atomic E-state index is 11.4. The van der Waals surface area contributed by atoms with Gasteiger partial charge in [0.1, 0.15) is 0 Å². The quantitative estimate of drug-likeness (QED) is 0.512. The molecule has 0 radical (unpaired) electrons. The second-order valence-corrected chi connectivity index (χ2v) is 4.37. The third kappa shape index (κ3) is 2.37. The molecule has 0 aliphatic heterocycles. The molecule has 1 aliphatic carbocycles. The van der Waals surface area contributed by atoms with E-state index in [0.29, 0.717) is 29.9 Å². The van der Waals surface area contributed by atoms with Gasteiger partial charge < -0.3 is 4.74 Å². The van der Waals surface area contributed by atoms with Gasteiger partial charge in [0.25, 0.3) is 0 Å². The first-order valence-electron chi connectivity index (χ1n) is 5.42. The van der Waals surface area contributed by atoms with Gasteiger partial charge in [-0.1, -0.05) is 20.4 Å². The molecule has 0 aromatic heterocycles. The molecule has 80 valence electrons. The summed E-state index contributed by atoms with van der Waals surface area (Å²) < 4.78 is 4.95. The van der Waals surface area contributed by atoms with Gasteiger partial charge in [-0.3, -0.25) is 0 Å². The number of hydrogen-bond acceptors (Lipinski definition) is 2. The van der Waals surface area contributed by atoms with Gasteiger partial charge in [-0.05, 0) is 37.5 Å². The lowest BCUT2D eigenvalue weighted by molar-refractivity contribution is -0.139. The van der Waals surface area contributed by atoms with Crippen molar-refractivity contribution in [3.05, 3.63) is 12.2 Å². The molecular formula is C12H20O2. The highest BCUT2D eigenvalue weighted by molar-refractivity contribution is 5.88. The lowest BCUT2D eigenvalue weighted by Crippen LogP contribution is -2.13. The van der Waals surface area contributed by atoms with Crippen molar-refractivity contribution in [2.45, 2.75) is 33.6 Å². The average molecular weight is 196 g/mol. The first-order chi connectivity index (χ1) is 6.56. The summed E-state index contributed by atoms with van der Waals surface area (Å²) in [6, 6.07) is 0. The van der Waals surface area contributed by atoms with Gasteiger partial charge >= 0.3 is 5.97 Å². The zero-order valence-corrected chi connectivity index (χ0v) is 9.38. The molecule has 0 bridgehead atoms. The van der Waals surface area contributed by atoms with Crippen LogP contribution in [-0.2, 0) is 9.53 Å². The molecule has 2 atom stereocenters. The Morgan fingerprint density at radius 2 is 1.86 bits per heavy atom. The second kappa shape index (κ2) is 4.63. The lowest BCUT2D eigenvalue weighted by Gasteiger charge is -2.11. The van der Waals surface area contributed by atoms with Crippen LogP contribution in [0.15, 0.2) is 12.2 Å². The van der Waals surface area contributed by atoms with Gasteiger partial charge in [0, 0.05) is 5.57 Å². The van der Waals surface area contributed by atoms with Gasteiger partial charge in [-0.25, -0.2) is 4.79 Å². The third-order valence-electron chi connectivity index (χ3n) is 3.31. The van der Waals surface area contributed by atoms with Gasteiger partial charge in [0.05, 0.1) is 6.61 Å². The Kier molecular flexibility index (Phi) is 3.73. The number of esters is 1. The van der Waals surface area contributed by atoms with Crippen molar-refractivity contribution in [3.63, 3.8) is 0 Å². The molecule has 1 saturated carbocycles. The fourth-order valence-corrected chi connectivity index (χ4v) is 2.13. The molecule has 0 aromatic carbocycles. The molecule has 0 heterocycles. The highest BCUT2D eigenvalue weighted by Crippen LogP contribution is 2.39. The number of rotatable bonds is 3. The van der Waals surface area contributed by atoms with Crippen LogP contribution in [0.4, 0.5) is 0 Å². The zero-order chi connectivity index (χ0) is 10.7. The van der Waals surface area contributed by atoms with Gasteiger partial charge in [0.15, 0.2) is 0 Å². The number of ether oxygens (including phenoxy) is 1. The molecule has 2 heteroatoms. The van der Waals surface area contributed by atoms with Gasteiger partial charge in [0.2, 0.25) is 0 Å². The van der Waals surface area contributed by atoms with Crippen molar-refractivity contribution in [1.29, 1.82) is 0 Å². The van der Waals surface area contributed by atoms with Crippen LogP contribution < -0.4 is 0 Å². The Morgan fingerprint density at radius 3 is 2.29 bits per heavy atom. The fourth-order valence-electron chi connectivity index (χ4n) is 2.13. The number of carbonyl (C=O) groups excluding carboxylic acids is 1. The van der Waals surface area contributed by atoms with Crippen molar-refractivity contribution < 1.29 is 9.53 Å². The minimum absolute atomic E-state index is 0.209. The van der Waals surface area contributed by atoms with E-state index in [9.17, 15) is 4.79 Å². The smallest absolute Gasteiger partial charge is 0.333 e. The maximum atomic E-state index is 11.4. The minimum atomic E-state index is -0.209. The van der Waals surface area contributed by atoms with Crippen LogP contribution in [0.1, 0.15) is 33.6 Å². The first kappa shape index (κ1) is 11.3. The summed E-state index contributed by atoms with van der Waals surface area (Å²) in [6.07, 6.45) is 2.16. The van der Waals surface area contributed by atoms with Crippen LogP contribution in [-0.4, -0.2) is 12.6 Å². The van der Waals surface area contributed by atoms with E-state index in [2.05, 4.69) is 20.4 Å². The summed E-state index contributed by atoms with van der Waals surface area (Å²) in [5, 5.41) is 0. The molecule has 0 saturated heterocycles. The molecular weight excluding hydrogens is 176 g/mol. The zero-order valence-electron chi connectivity index (χ0n) is 9.38. The van der Waals surface area contributed by atoms with Crippen LogP contribution in [0.2, 0.25) is 0 Å². The van der Waals surface area contributed by atoms with Crippen molar-refractivity contribution in [1.82, 2.24) is 0 Å². The molecule has 2 unspecified atom stereocenters. The van der Waals surface area contributed by atoms with E-state index in [1.807, 2.05) is 6.92 Å². The summed E-state index contributed by atoms with van der Waals surface area (Å²) in [5.74, 6) is 1.54. The summed E-state index contributed by atoms with van der Waals surface area (Å²) in [6.45, 7) is 10.6. The molecule has 1 fully saturated rings. The highest BCUT2D eigenvalue weighted by Gasteiger charge is 2.32. The normalized spacial score (nSPS) is 31.5. The standard InChI is InChI=1S/C12H20O2/c1-5-14-12(13)10(4)11-6-8(2)9(3)7-11/h8-9,11H,4-7H2,1-3H3. The van der Waals surface area contributed by atoms with E-state index >= 15 is 0 Å². The fraction of sp³-hybridized carbons (Fsp3) is 0.750. The van der Waals surface area contributed by atoms with Crippen LogP contribution in [0, 0.1) is 17.8 Å². The summed E-state index contributed by atoms with van der Waals surface area (Å²) in [4.78, 5) is 11.4. The van der Waals surface area contributed by atoms with E-state index in [-0.39, 0.29) is 5.97 Å². The van der Waals surface area contributed by atoms with Crippen molar-refractivity contribution >= 4 is 5.97 Å². The number of hydrogen-bond donors (Lipinski definition) is 0. The Morgan fingerprint density at radius 1 is 1.36 bits per heavy atom. The second-order valence-electron chi connectivity index (χ2n) is 4.37. The topological polar surface area (TPSA) is 26.3 Å². The molecule has 2 nitrogen and oxygen atoms in total. The predicted molar refractivity (Wildman–Crippen MR) is 56.8 cm³/mol. The van der Waals surface area contributed by atoms with Crippen molar-refractivity contribution in [2.75, 3.05) is 6.61 Å². The van der Waals surface area contributed by atoms with Gasteiger partial charge in [-0.2, -0.15) is 0 Å². The lowest BCUT2D eigenvalue weighted by atomic mass is 9.98. The van der Waals surface area contributed by atoms with E-state index in [0.717, 1.165) is 12.8 Å². The Labute approximate surface area is 86.3 Å². The van der Waals surface area contributed by atoms with E-state index in [1.165, 1.54) is 0 Å². The summed E-state index contributed by atoms with van der Waals surface area (Å²) in [5.41, 5.74) is 0.669. The molecule has 0 aromatic rings. The van der Waals surface area contributed by atoms with Crippen molar-refractivity contribution in [3.8, 4) is 0 Å². The molecule has 1 aliphatic rings. The summed E-state index contributed by atoms with van der Waals surface area (Å²) >= 11 is 0. The monoisotopic (exact) mass is 196 g/mol. The largest absolute Gasteiger partial charge is 0.463 e. The summed E-state index contributed by atoms with van der Waals surface area (Å²) in [7, 11) is 0. The Balaban J connectivity index is 2.51. The van der Waals surface area contributed by atoms with E-state index < -0.39 is 0 Å². The molecule has 14 heavy (non-hydrogen) atoms. The van der Waals surface area contributed by atoms with Crippen LogP contribution >= 0.6 is 0 Å². The van der Waals surface area contributed by atoms with Gasteiger partial charge in [-0.15, -0.1) is 0 Å². The molecule has 1 rings (SSSR count). The van der Waals surface area contributed by atoms with E-state index in [4.69, 9.17) is 4.74 Å². The highest BCUT2D eigenvalue weighted by atomic mass is 16.5. The van der Waals surface area contributed by atoms with Crippen LogP contribution in [0.5, 0.6) is 0 Å². The van der Waals surface area contributed by atoms with Crippen molar-refractivity contribution in [2.24, 2.45) is 17.8 Å². The molecule has 0 spiro atoms. The average Bonchev–Trinajstić information content (AvgIpc) is 2.46. The first-order valence-corrected chi connectivity index (χ1v) is 5.42. The van der Waals surface area contributed by atoms with Crippen LogP contribution in [0.3, 0.4) is 0 Å². The number of carbonyl (C=O) groups is 1. The van der Waals surface area contributed by atoms with E-state index in [1.54, 1.807) is 0 Å². The Bertz CT molecular complexity index is 222. The minimum Gasteiger partial charge on any atom is -0.463 e. The molecule has 0 amide bonds. The van der Waals surface area contributed by atoms with Crippen LogP contribution in [0.25, 0.3) is 0 Å². The Hall–Kier alpha value is -0.790. The third-order valence-corrected chi connectivity index (χ3v) is 3.31. The maximum Gasteiger partial charge on any atom is 0.333 e.